The first-order valence-electron chi connectivity index (χ1n) is 9.84. The van der Waals surface area contributed by atoms with Gasteiger partial charge in [-0.05, 0) is 60.9 Å². The lowest BCUT2D eigenvalue weighted by Gasteiger charge is -2.37. The van der Waals surface area contributed by atoms with E-state index < -0.39 is 0 Å². The number of carbonyl (C=O) groups is 1. The van der Waals surface area contributed by atoms with Gasteiger partial charge in [0.25, 0.3) is 0 Å². The number of halogens is 1. The molecule has 0 saturated carbocycles. The molecular formula is C22H26FN3O2. The summed E-state index contributed by atoms with van der Waals surface area (Å²) in [7, 11) is 1.67. The molecule has 0 unspecified atom stereocenters. The molecule has 1 fully saturated rings. The number of methoxy groups -OCH3 is 1. The van der Waals surface area contributed by atoms with Crippen LogP contribution in [0.25, 0.3) is 0 Å². The van der Waals surface area contributed by atoms with Crippen molar-refractivity contribution in [3.63, 3.8) is 0 Å². The van der Waals surface area contributed by atoms with Crippen LogP contribution in [0.1, 0.15) is 12.0 Å². The van der Waals surface area contributed by atoms with Crippen molar-refractivity contribution in [2.45, 2.75) is 12.8 Å². The van der Waals surface area contributed by atoms with Gasteiger partial charge in [-0.15, -0.1) is 0 Å². The smallest absolute Gasteiger partial charge is 0.241 e. The number of ether oxygens (including phenoxy) is 1. The van der Waals surface area contributed by atoms with E-state index in [0.717, 1.165) is 62.7 Å². The van der Waals surface area contributed by atoms with Crippen molar-refractivity contribution >= 4 is 17.3 Å². The van der Waals surface area contributed by atoms with Crippen molar-refractivity contribution in [2.75, 3.05) is 56.2 Å². The number of hydrogen-bond donors (Lipinski definition) is 0. The average Bonchev–Trinajstić information content (AvgIpc) is 2.74. The average molecular weight is 383 g/mol. The Hall–Kier alpha value is -2.60. The molecule has 6 heteroatoms. The van der Waals surface area contributed by atoms with Gasteiger partial charge in [0.15, 0.2) is 0 Å². The number of nitrogens with zero attached hydrogens (tertiary/aromatic N) is 3. The van der Waals surface area contributed by atoms with Gasteiger partial charge < -0.3 is 14.5 Å². The van der Waals surface area contributed by atoms with Gasteiger partial charge in [0.2, 0.25) is 5.91 Å². The third kappa shape index (κ3) is 3.97. The van der Waals surface area contributed by atoms with Crippen LogP contribution in [0.2, 0.25) is 0 Å². The Kier molecular flexibility index (Phi) is 5.48. The molecule has 2 heterocycles. The lowest BCUT2D eigenvalue weighted by molar-refractivity contribution is -0.119. The van der Waals surface area contributed by atoms with Crippen LogP contribution in [0.4, 0.5) is 15.8 Å². The fraction of sp³-hybridized carbons (Fsp3) is 0.409. The minimum Gasteiger partial charge on any atom is -0.497 e. The van der Waals surface area contributed by atoms with Gasteiger partial charge in [-0.2, -0.15) is 0 Å². The topological polar surface area (TPSA) is 36.0 Å². The fourth-order valence-corrected chi connectivity index (χ4v) is 4.05. The Labute approximate surface area is 165 Å². The van der Waals surface area contributed by atoms with E-state index >= 15 is 0 Å². The monoisotopic (exact) mass is 383 g/mol. The quantitative estimate of drug-likeness (QED) is 0.813. The number of rotatable bonds is 4. The minimum atomic E-state index is -0.215. The first-order valence-corrected chi connectivity index (χ1v) is 9.84. The summed E-state index contributed by atoms with van der Waals surface area (Å²) in [6, 6.07) is 12.6. The SMILES string of the molecule is COc1ccc2c(c1)CCCN2C(=O)CN1CCN(c2ccc(F)cc2)CC1. The molecule has 0 radical (unpaired) electrons. The zero-order valence-corrected chi connectivity index (χ0v) is 16.2. The van der Waals surface area contributed by atoms with Gasteiger partial charge in [0.1, 0.15) is 11.6 Å². The van der Waals surface area contributed by atoms with Crippen LogP contribution < -0.4 is 14.5 Å². The van der Waals surface area contributed by atoms with Gasteiger partial charge in [0.05, 0.1) is 13.7 Å². The van der Waals surface area contributed by atoms with Crippen molar-refractivity contribution in [1.82, 2.24) is 4.90 Å². The van der Waals surface area contributed by atoms with Crippen LogP contribution in [0.15, 0.2) is 42.5 Å². The molecule has 148 valence electrons. The fourth-order valence-electron chi connectivity index (χ4n) is 4.05. The number of piperazine rings is 1. The largest absolute Gasteiger partial charge is 0.497 e. The van der Waals surface area contributed by atoms with E-state index in [9.17, 15) is 9.18 Å². The summed E-state index contributed by atoms with van der Waals surface area (Å²) in [5, 5.41) is 0. The molecule has 0 spiro atoms. The number of fused-ring (bicyclic) bond motifs is 1. The number of anilines is 2. The van der Waals surface area contributed by atoms with Gasteiger partial charge in [-0.3, -0.25) is 9.69 Å². The first-order chi connectivity index (χ1) is 13.6. The number of amides is 1. The second kappa shape index (κ2) is 8.19. The van der Waals surface area contributed by atoms with E-state index in [1.807, 2.05) is 35.2 Å². The molecule has 0 aromatic heterocycles. The molecule has 4 rings (SSSR count). The van der Waals surface area contributed by atoms with Gasteiger partial charge in [-0.1, -0.05) is 0 Å². The van der Waals surface area contributed by atoms with Crippen molar-refractivity contribution in [3.05, 3.63) is 53.8 Å². The van der Waals surface area contributed by atoms with Crippen LogP contribution in [-0.4, -0.2) is 57.2 Å². The summed E-state index contributed by atoms with van der Waals surface area (Å²) in [4.78, 5) is 19.3. The maximum Gasteiger partial charge on any atom is 0.241 e. The second-order valence-electron chi connectivity index (χ2n) is 7.38. The van der Waals surface area contributed by atoms with Gasteiger partial charge in [-0.25, -0.2) is 4.39 Å². The lowest BCUT2D eigenvalue weighted by atomic mass is 10.0. The van der Waals surface area contributed by atoms with Crippen molar-refractivity contribution in [1.29, 1.82) is 0 Å². The number of aryl methyl sites for hydroxylation is 1. The van der Waals surface area contributed by atoms with Crippen LogP contribution >= 0.6 is 0 Å². The maximum atomic E-state index is 13.1. The highest BCUT2D eigenvalue weighted by atomic mass is 19.1. The van der Waals surface area contributed by atoms with E-state index in [-0.39, 0.29) is 11.7 Å². The van der Waals surface area contributed by atoms with Gasteiger partial charge in [0, 0.05) is 44.1 Å². The van der Waals surface area contributed by atoms with E-state index in [1.54, 1.807) is 7.11 Å². The number of carbonyl (C=O) groups excluding carboxylic acids is 1. The molecule has 2 aromatic carbocycles. The third-order valence-corrected chi connectivity index (χ3v) is 5.63. The molecule has 2 aliphatic heterocycles. The summed E-state index contributed by atoms with van der Waals surface area (Å²) in [6.45, 7) is 4.54. The summed E-state index contributed by atoms with van der Waals surface area (Å²) in [6.07, 6.45) is 1.96. The predicted molar refractivity (Wildman–Crippen MR) is 109 cm³/mol. The lowest BCUT2D eigenvalue weighted by Crippen LogP contribution is -2.50. The molecule has 1 amide bonds. The van der Waals surface area contributed by atoms with Crippen LogP contribution in [0.3, 0.4) is 0 Å². The van der Waals surface area contributed by atoms with Crippen molar-refractivity contribution in [2.24, 2.45) is 0 Å². The Bertz CT molecular complexity index is 832. The Morgan fingerprint density at radius 1 is 1.04 bits per heavy atom. The van der Waals surface area contributed by atoms with Crippen LogP contribution in [0, 0.1) is 5.82 Å². The molecule has 0 atom stereocenters. The molecular weight excluding hydrogens is 357 g/mol. The first kappa shape index (κ1) is 18.7. The molecule has 2 aromatic rings. The predicted octanol–water partition coefficient (Wildman–Crippen LogP) is 2.94. The number of benzene rings is 2. The molecule has 0 aliphatic carbocycles. The van der Waals surface area contributed by atoms with Crippen LogP contribution in [-0.2, 0) is 11.2 Å². The van der Waals surface area contributed by atoms with E-state index in [2.05, 4.69) is 9.80 Å². The van der Waals surface area contributed by atoms with Crippen LogP contribution in [0.5, 0.6) is 5.75 Å². The number of hydrogen-bond acceptors (Lipinski definition) is 4. The molecule has 1 saturated heterocycles. The minimum absolute atomic E-state index is 0.154. The zero-order valence-electron chi connectivity index (χ0n) is 16.2. The highest BCUT2D eigenvalue weighted by Gasteiger charge is 2.26. The second-order valence-corrected chi connectivity index (χ2v) is 7.38. The van der Waals surface area contributed by atoms with E-state index in [0.29, 0.717) is 6.54 Å². The summed E-state index contributed by atoms with van der Waals surface area (Å²) < 4.78 is 18.4. The zero-order chi connectivity index (χ0) is 19.5. The van der Waals surface area contributed by atoms with Gasteiger partial charge >= 0.3 is 0 Å². The molecule has 0 N–H and O–H groups in total. The van der Waals surface area contributed by atoms with Crippen molar-refractivity contribution in [3.8, 4) is 5.75 Å². The normalized spacial score (nSPS) is 17.4. The molecule has 2 aliphatic rings. The Morgan fingerprint density at radius 3 is 2.50 bits per heavy atom. The van der Waals surface area contributed by atoms with E-state index in [1.165, 1.54) is 17.7 Å². The highest BCUT2D eigenvalue weighted by molar-refractivity contribution is 5.96. The molecule has 5 nitrogen and oxygen atoms in total. The third-order valence-electron chi connectivity index (χ3n) is 5.63. The Morgan fingerprint density at radius 2 is 1.79 bits per heavy atom. The van der Waals surface area contributed by atoms with Crippen molar-refractivity contribution < 1.29 is 13.9 Å². The van der Waals surface area contributed by atoms with E-state index in [4.69, 9.17) is 4.74 Å². The molecule has 0 bridgehead atoms. The summed E-state index contributed by atoms with van der Waals surface area (Å²) in [5.41, 5.74) is 3.23. The summed E-state index contributed by atoms with van der Waals surface area (Å²) >= 11 is 0. The standard InChI is InChI=1S/C22H26FN3O2/c1-28-20-8-9-21-17(15-20)3-2-10-26(21)22(27)16-24-11-13-25(14-12-24)19-6-4-18(23)5-7-19/h4-9,15H,2-3,10-14,16H2,1H3. The molecule has 28 heavy (non-hydrogen) atoms. The Balaban J connectivity index is 1.36. The highest BCUT2D eigenvalue weighted by Crippen LogP contribution is 2.30. The summed E-state index contributed by atoms with van der Waals surface area (Å²) in [5.74, 6) is 0.777. The maximum absolute atomic E-state index is 13.1.